The topological polar surface area (TPSA) is 0 Å². The molecule has 0 bridgehead atoms. The lowest BCUT2D eigenvalue weighted by Crippen LogP contribution is -1.85. The smallest absolute Gasteiger partial charge is 0.0296 e. The van der Waals surface area contributed by atoms with E-state index in [9.17, 15) is 0 Å². The lowest BCUT2D eigenvalue weighted by Gasteiger charge is -2.01. The van der Waals surface area contributed by atoms with E-state index in [1.165, 1.54) is 5.57 Å². The maximum Gasteiger partial charge on any atom is 0.0296 e. The van der Waals surface area contributed by atoms with Gasteiger partial charge < -0.3 is 0 Å². The predicted octanol–water partition coefficient (Wildman–Crippen LogP) is 3.00. The fourth-order valence-corrected chi connectivity index (χ4v) is 0.904. The Bertz CT molecular complexity index is 144. The third-order valence-corrected chi connectivity index (χ3v) is 1.35. The summed E-state index contributed by atoms with van der Waals surface area (Å²) in [5, 5.41) is 0. The van der Waals surface area contributed by atoms with Gasteiger partial charge in [-0.25, -0.2) is 0 Å². The maximum atomic E-state index is 5.19. The first-order valence-corrected chi connectivity index (χ1v) is 3.83. The van der Waals surface area contributed by atoms with Crippen molar-refractivity contribution in [3.05, 3.63) is 11.6 Å². The van der Waals surface area contributed by atoms with Crippen molar-refractivity contribution >= 4 is 0 Å². The highest BCUT2D eigenvalue weighted by Crippen LogP contribution is 2.09. The largest absolute Gasteiger partial charge is 0.120 e. The van der Waals surface area contributed by atoms with Crippen molar-refractivity contribution in [1.29, 1.82) is 0 Å². The lowest BCUT2D eigenvalue weighted by atomic mass is 10.1. The van der Waals surface area contributed by atoms with Gasteiger partial charge in [-0.1, -0.05) is 32.4 Å². The van der Waals surface area contributed by atoms with Gasteiger partial charge in [0.05, 0.1) is 0 Å². The Labute approximate surface area is 64.3 Å². The van der Waals surface area contributed by atoms with Crippen LogP contribution >= 0.6 is 0 Å². The van der Waals surface area contributed by atoms with E-state index in [1.807, 2.05) is 0 Å². The molecule has 0 nitrogen and oxygen atoms in total. The number of allylic oxidation sites excluding steroid dienone is 2. The lowest BCUT2D eigenvalue weighted by molar-refractivity contribution is 0.808. The van der Waals surface area contributed by atoms with Crippen molar-refractivity contribution in [3.8, 4) is 12.3 Å². The molecule has 0 aliphatic carbocycles. The van der Waals surface area contributed by atoms with Crippen LogP contribution in [0.5, 0.6) is 0 Å². The van der Waals surface area contributed by atoms with Crippen molar-refractivity contribution in [2.75, 3.05) is 0 Å². The van der Waals surface area contributed by atoms with Gasteiger partial charge in [0, 0.05) is 6.42 Å². The van der Waals surface area contributed by atoms with Crippen LogP contribution in [-0.2, 0) is 0 Å². The molecule has 0 rings (SSSR count). The molecule has 0 amide bonds. The minimum atomic E-state index is 0.628. The molecular weight excluding hydrogens is 120 g/mol. The van der Waals surface area contributed by atoms with Crippen molar-refractivity contribution in [2.24, 2.45) is 5.92 Å². The van der Waals surface area contributed by atoms with E-state index in [-0.39, 0.29) is 0 Å². The number of hydrogen-bond donors (Lipinski definition) is 0. The second-order valence-electron chi connectivity index (χ2n) is 2.80. The zero-order valence-electron chi connectivity index (χ0n) is 7.15. The molecule has 0 fully saturated rings. The van der Waals surface area contributed by atoms with Crippen LogP contribution in [0.15, 0.2) is 11.6 Å². The first-order valence-electron chi connectivity index (χ1n) is 3.83. The number of terminal acetylenes is 1. The quantitative estimate of drug-likeness (QED) is 0.413. The fourth-order valence-electron chi connectivity index (χ4n) is 0.904. The summed E-state index contributed by atoms with van der Waals surface area (Å²) in [6.07, 6.45) is 9.34. The van der Waals surface area contributed by atoms with E-state index in [2.05, 4.69) is 32.8 Å². The van der Waals surface area contributed by atoms with Crippen molar-refractivity contribution < 1.29 is 0 Å². The Morgan fingerprint density at radius 3 is 2.50 bits per heavy atom. The summed E-state index contributed by atoms with van der Waals surface area (Å²) in [5.41, 5.74) is 1.39. The molecule has 0 saturated carbocycles. The normalized spacial score (nSPS) is 11.7. The van der Waals surface area contributed by atoms with Crippen LogP contribution in [0.4, 0.5) is 0 Å². The molecule has 0 heteroatoms. The standard InChI is InChI=1S/C10H16/c1-5-7-10(6-2)8-9(3)4/h1,8-9H,6-7H2,2-4H3. The molecule has 56 valence electrons. The summed E-state index contributed by atoms with van der Waals surface area (Å²) < 4.78 is 0. The summed E-state index contributed by atoms with van der Waals surface area (Å²) in [7, 11) is 0. The van der Waals surface area contributed by atoms with Gasteiger partial charge in [-0.2, -0.15) is 0 Å². The Hall–Kier alpha value is -0.700. The predicted molar refractivity (Wildman–Crippen MR) is 46.7 cm³/mol. The van der Waals surface area contributed by atoms with Crippen molar-refractivity contribution in [2.45, 2.75) is 33.6 Å². The summed E-state index contributed by atoms with van der Waals surface area (Å²) in [6, 6.07) is 0. The minimum absolute atomic E-state index is 0.628. The molecule has 0 atom stereocenters. The molecule has 0 spiro atoms. The van der Waals surface area contributed by atoms with Crippen molar-refractivity contribution in [1.82, 2.24) is 0 Å². The first kappa shape index (κ1) is 9.30. The zero-order valence-corrected chi connectivity index (χ0v) is 7.15. The Morgan fingerprint density at radius 2 is 2.20 bits per heavy atom. The van der Waals surface area contributed by atoms with Gasteiger partial charge in [0.25, 0.3) is 0 Å². The molecule has 0 aromatic rings. The highest BCUT2D eigenvalue weighted by atomic mass is 14.0. The number of hydrogen-bond acceptors (Lipinski definition) is 0. The highest BCUT2D eigenvalue weighted by Gasteiger charge is 1.92. The summed E-state index contributed by atoms with van der Waals surface area (Å²) in [5.74, 6) is 3.28. The first-order chi connectivity index (χ1) is 4.70. The zero-order chi connectivity index (χ0) is 7.98. The maximum absolute atomic E-state index is 5.19. The van der Waals surface area contributed by atoms with Gasteiger partial charge in [-0.05, 0) is 12.3 Å². The highest BCUT2D eigenvalue weighted by molar-refractivity contribution is 5.10. The van der Waals surface area contributed by atoms with Gasteiger partial charge in [0.2, 0.25) is 0 Å². The van der Waals surface area contributed by atoms with E-state index in [4.69, 9.17) is 6.42 Å². The molecule has 0 heterocycles. The third-order valence-electron chi connectivity index (χ3n) is 1.35. The van der Waals surface area contributed by atoms with Gasteiger partial charge in [-0.3, -0.25) is 0 Å². The summed E-state index contributed by atoms with van der Waals surface area (Å²) in [6.45, 7) is 6.49. The van der Waals surface area contributed by atoms with Gasteiger partial charge in [0.1, 0.15) is 0 Å². The van der Waals surface area contributed by atoms with E-state index in [0.29, 0.717) is 5.92 Å². The van der Waals surface area contributed by atoms with Crippen LogP contribution in [0.3, 0.4) is 0 Å². The molecule has 0 saturated heterocycles. The van der Waals surface area contributed by atoms with Crippen molar-refractivity contribution in [3.63, 3.8) is 0 Å². The molecule has 0 aromatic carbocycles. The molecule has 0 N–H and O–H groups in total. The van der Waals surface area contributed by atoms with Crippen LogP contribution in [-0.4, -0.2) is 0 Å². The van der Waals surface area contributed by atoms with Gasteiger partial charge in [0.15, 0.2) is 0 Å². The average Bonchev–Trinajstić information content (AvgIpc) is 1.86. The molecule has 0 aromatic heterocycles. The Balaban J connectivity index is 3.94. The van der Waals surface area contributed by atoms with E-state index < -0.39 is 0 Å². The third kappa shape index (κ3) is 4.21. The van der Waals surface area contributed by atoms with Crippen LogP contribution in [0, 0.1) is 18.3 Å². The molecule has 0 radical (unpaired) electrons. The van der Waals surface area contributed by atoms with E-state index >= 15 is 0 Å². The Morgan fingerprint density at radius 1 is 1.60 bits per heavy atom. The SMILES string of the molecule is C#CCC(=CC(C)C)CC. The van der Waals surface area contributed by atoms with Gasteiger partial charge in [-0.15, -0.1) is 12.3 Å². The molecule has 0 aliphatic heterocycles. The van der Waals surface area contributed by atoms with Crippen LogP contribution in [0.1, 0.15) is 33.6 Å². The Kier molecular flexibility index (Phi) is 4.76. The average molecular weight is 136 g/mol. The second-order valence-corrected chi connectivity index (χ2v) is 2.80. The second kappa shape index (κ2) is 5.11. The minimum Gasteiger partial charge on any atom is -0.120 e. The molecule has 0 aliphatic rings. The number of rotatable bonds is 3. The molecule has 10 heavy (non-hydrogen) atoms. The van der Waals surface area contributed by atoms with E-state index in [0.717, 1.165) is 12.8 Å². The summed E-state index contributed by atoms with van der Waals surface area (Å²) in [4.78, 5) is 0. The van der Waals surface area contributed by atoms with Crippen LogP contribution in [0.2, 0.25) is 0 Å². The molecule has 0 unspecified atom stereocenters. The summed E-state index contributed by atoms with van der Waals surface area (Å²) >= 11 is 0. The molecular formula is C10H16. The van der Waals surface area contributed by atoms with Crippen LogP contribution in [0.25, 0.3) is 0 Å². The van der Waals surface area contributed by atoms with E-state index in [1.54, 1.807) is 0 Å². The van der Waals surface area contributed by atoms with Gasteiger partial charge >= 0.3 is 0 Å². The fraction of sp³-hybridized carbons (Fsp3) is 0.600. The van der Waals surface area contributed by atoms with Crippen LogP contribution < -0.4 is 0 Å². The monoisotopic (exact) mass is 136 g/mol.